The zero-order valence-corrected chi connectivity index (χ0v) is 19.6. The van der Waals surface area contributed by atoms with Crippen molar-refractivity contribution < 1.29 is 4.79 Å². The van der Waals surface area contributed by atoms with E-state index in [2.05, 4.69) is 25.5 Å². The molecule has 0 aliphatic carbocycles. The molecule has 2 aromatic carbocycles. The van der Waals surface area contributed by atoms with Crippen LogP contribution in [-0.2, 0) is 12.3 Å². The molecule has 4 aromatic rings. The molecule has 9 heteroatoms. The molecular formula is C24H26N6O2S. The Bertz CT molecular complexity index is 1320. The first kappa shape index (κ1) is 22.7. The van der Waals surface area contributed by atoms with Crippen LogP contribution >= 0.6 is 11.8 Å². The van der Waals surface area contributed by atoms with Gasteiger partial charge in [-0.2, -0.15) is 0 Å². The van der Waals surface area contributed by atoms with Gasteiger partial charge in [-0.15, -0.1) is 10.2 Å². The molecule has 8 nitrogen and oxygen atoms in total. The number of thioether (sulfide) groups is 1. The second kappa shape index (κ2) is 9.99. The Kier molecular flexibility index (Phi) is 6.88. The van der Waals surface area contributed by atoms with Gasteiger partial charge < -0.3 is 14.9 Å². The second-order valence-electron chi connectivity index (χ2n) is 7.96. The van der Waals surface area contributed by atoms with Gasteiger partial charge in [-0.1, -0.05) is 55.9 Å². The molecule has 0 bridgehead atoms. The normalized spacial score (nSPS) is 12.2. The van der Waals surface area contributed by atoms with E-state index in [9.17, 15) is 9.59 Å². The lowest BCUT2D eigenvalue weighted by atomic mass is 10.0. The minimum absolute atomic E-state index is 0.114. The topological polar surface area (TPSA) is 106 Å². The summed E-state index contributed by atoms with van der Waals surface area (Å²) in [6.07, 6.45) is 0. The van der Waals surface area contributed by atoms with Crippen LogP contribution in [0.25, 0.3) is 10.9 Å². The van der Waals surface area contributed by atoms with Gasteiger partial charge in [-0.3, -0.25) is 9.59 Å². The molecule has 2 N–H and O–H groups in total. The Morgan fingerprint density at radius 1 is 1.09 bits per heavy atom. The second-order valence-corrected chi connectivity index (χ2v) is 8.91. The molecule has 170 valence electrons. The van der Waals surface area contributed by atoms with E-state index in [1.165, 1.54) is 11.8 Å². The van der Waals surface area contributed by atoms with E-state index < -0.39 is 0 Å². The number of hydrogen-bond acceptors (Lipinski definition) is 6. The van der Waals surface area contributed by atoms with Gasteiger partial charge >= 0.3 is 0 Å². The highest BCUT2D eigenvalue weighted by molar-refractivity contribution is 7.98. The van der Waals surface area contributed by atoms with Crippen molar-refractivity contribution in [1.29, 1.82) is 0 Å². The van der Waals surface area contributed by atoms with E-state index in [-0.39, 0.29) is 23.4 Å². The average Bonchev–Trinajstić information content (AvgIpc) is 3.24. The Balaban J connectivity index is 1.55. The summed E-state index contributed by atoms with van der Waals surface area (Å²) < 4.78 is 2.00. The molecule has 1 amide bonds. The van der Waals surface area contributed by atoms with Crippen LogP contribution in [0.2, 0.25) is 0 Å². The number of nitrogens with zero attached hydrogens (tertiary/aromatic N) is 4. The summed E-state index contributed by atoms with van der Waals surface area (Å²) in [5.41, 5.74) is 1.11. The van der Waals surface area contributed by atoms with Gasteiger partial charge in [0.05, 0.1) is 22.7 Å². The van der Waals surface area contributed by atoms with Crippen LogP contribution in [0.5, 0.6) is 0 Å². The maximum absolute atomic E-state index is 12.8. The van der Waals surface area contributed by atoms with Crippen molar-refractivity contribution in [3.63, 3.8) is 0 Å². The number of rotatable bonds is 8. The van der Waals surface area contributed by atoms with Crippen LogP contribution < -0.4 is 10.9 Å². The molecule has 0 saturated heterocycles. The Morgan fingerprint density at radius 2 is 1.82 bits per heavy atom. The first-order valence-corrected chi connectivity index (χ1v) is 11.9. The number of H-pyrrole nitrogens is 1. The number of fused-ring (bicyclic) bond motifs is 1. The number of para-hydroxylation sites is 1. The maximum Gasteiger partial charge on any atom is 0.258 e. The Hall–Kier alpha value is -3.46. The Morgan fingerprint density at radius 3 is 2.55 bits per heavy atom. The molecule has 2 heterocycles. The van der Waals surface area contributed by atoms with Crippen molar-refractivity contribution in [2.45, 2.75) is 44.3 Å². The predicted molar refractivity (Wildman–Crippen MR) is 129 cm³/mol. The van der Waals surface area contributed by atoms with Crippen molar-refractivity contribution in [3.8, 4) is 0 Å². The molecule has 0 saturated carbocycles. The quantitative estimate of drug-likeness (QED) is 0.384. The monoisotopic (exact) mass is 462 g/mol. The summed E-state index contributed by atoms with van der Waals surface area (Å²) in [5.74, 6) is 1.70. The van der Waals surface area contributed by atoms with Crippen LogP contribution in [-0.4, -0.2) is 30.6 Å². The highest BCUT2D eigenvalue weighted by Crippen LogP contribution is 2.27. The lowest BCUT2D eigenvalue weighted by Crippen LogP contribution is -2.33. The molecule has 1 unspecified atom stereocenters. The molecule has 0 spiro atoms. The molecule has 0 aliphatic rings. The minimum Gasteiger partial charge on any atom is -0.342 e. The Labute approximate surface area is 195 Å². The smallest absolute Gasteiger partial charge is 0.258 e. The fourth-order valence-electron chi connectivity index (χ4n) is 3.61. The fourth-order valence-corrected chi connectivity index (χ4v) is 4.49. The number of nitrogens with one attached hydrogen (secondary N) is 2. The summed E-state index contributed by atoms with van der Waals surface area (Å²) in [5, 5.41) is 13.2. The molecule has 1 atom stereocenters. The van der Waals surface area contributed by atoms with E-state index >= 15 is 0 Å². The van der Waals surface area contributed by atoms with Crippen molar-refractivity contribution >= 4 is 28.6 Å². The van der Waals surface area contributed by atoms with Crippen molar-refractivity contribution in [3.05, 3.63) is 82.2 Å². The number of aromatic amines is 1. The number of benzene rings is 2. The van der Waals surface area contributed by atoms with Gasteiger partial charge in [0.25, 0.3) is 11.5 Å². The van der Waals surface area contributed by atoms with Crippen molar-refractivity contribution in [2.24, 2.45) is 5.92 Å². The molecule has 4 rings (SSSR count). The van der Waals surface area contributed by atoms with Gasteiger partial charge in [-0.25, -0.2) is 4.98 Å². The highest BCUT2D eigenvalue weighted by atomic mass is 32.2. The predicted octanol–water partition coefficient (Wildman–Crippen LogP) is 3.95. The van der Waals surface area contributed by atoms with E-state index in [1.807, 2.05) is 61.7 Å². The SMILES string of the molecule is CCn1c(SCc2nc3ccccc3c(=O)[nH]2)nnc1C(NC(=O)c1ccccc1)C(C)C. The third-order valence-electron chi connectivity index (χ3n) is 5.33. The first-order chi connectivity index (χ1) is 16.0. The largest absolute Gasteiger partial charge is 0.342 e. The molecular weight excluding hydrogens is 436 g/mol. The van der Waals surface area contributed by atoms with E-state index in [4.69, 9.17) is 0 Å². The molecule has 0 fully saturated rings. The van der Waals surface area contributed by atoms with Crippen LogP contribution in [0.3, 0.4) is 0 Å². The van der Waals surface area contributed by atoms with Crippen molar-refractivity contribution in [1.82, 2.24) is 30.0 Å². The zero-order chi connectivity index (χ0) is 23.4. The van der Waals surface area contributed by atoms with Gasteiger partial charge in [0.1, 0.15) is 5.82 Å². The standard InChI is InChI=1S/C24H26N6O2S/c1-4-30-21(20(15(2)3)27-22(31)16-10-6-5-7-11-16)28-29-24(30)33-14-19-25-18-13-9-8-12-17(18)23(32)26-19/h5-13,15,20H,4,14H2,1-3H3,(H,27,31)(H,25,26,32). The number of amides is 1. The first-order valence-electron chi connectivity index (χ1n) is 10.9. The van der Waals surface area contributed by atoms with E-state index in [0.717, 1.165) is 0 Å². The summed E-state index contributed by atoms with van der Waals surface area (Å²) in [6.45, 7) is 6.75. The van der Waals surface area contributed by atoms with E-state index in [0.29, 0.717) is 45.6 Å². The highest BCUT2D eigenvalue weighted by Gasteiger charge is 2.26. The van der Waals surface area contributed by atoms with E-state index in [1.54, 1.807) is 18.2 Å². The maximum atomic E-state index is 12.8. The van der Waals surface area contributed by atoms with Crippen LogP contribution in [0.4, 0.5) is 0 Å². The minimum atomic E-state index is -0.293. The average molecular weight is 463 g/mol. The number of hydrogen-bond donors (Lipinski definition) is 2. The van der Waals surface area contributed by atoms with Crippen LogP contribution in [0, 0.1) is 5.92 Å². The third-order valence-corrected chi connectivity index (χ3v) is 6.31. The molecule has 2 aromatic heterocycles. The zero-order valence-electron chi connectivity index (χ0n) is 18.8. The molecule has 0 aliphatic heterocycles. The third kappa shape index (κ3) is 4.98. The number of aromatic nitrogens is 5. The summed E-state index contributed by atoms with van der Waals surface area (Å²) in [4.78, 5) is 32.5. The lowest BCUT2D eigenvalue weighted by molar-refractivity contribution is 0.0922. The number of carbonyl (C=O) groups is 1. The summed E-state index contributed by atoms with van der Waals surface area (Å²) in [7, 11) is 0. The van der Waals surface area contributed by atoms with Crippen LogP contribution in [0.1, 0.15) is 48.8 Å². The van der Waals surface area contributed by atoms with Crippen LogP contribution in [0.15, 0.2) is 64.5 Å². The van der Waals surface area contributed by atoms with Gasteiger partial charge in [0.2, 0.25) is 0 Å². The number of carbonyl (C=O) groups excluding carboxylic acids is 1. The van der Waals surface area contributed by atoms with Gasteiger partial charge in [0, 0.05) is 12.1 Å². The van der Waals surface area contributed by atoms with Gasteiger partial charge in [0.15, 0.2) is 11.0 Å². The van der Waals surface area contributed by atoms with Crippen molar-refractivity contribution in [2.75, 3.05) is 0 Å². The molecule has 33 heavy (non-hydrogen) atoms. The lowest BCUT2D eigenvalue weighted by Gasteiger charge is -2.22. The summed E-state index contributed by atoms with van der Waals surface area (Å²) >= 11 is 1.45. The summed E-state index contributed by atoms with van der Waals surface area (Å²) in [6, 6.07) is 16.1. The van der Waals surface area contributed by atoms with Gasteiger partial charge in [-0.05, 0) is 37.1 Å². The molecule has 0 radical (unpaired) electrons. The fraction of sp³-hybridized carbons (Fsp3) is 0.292.